The third-order valence-electron chi connectivity index (χ3n) is 4.23. The second-order valence-corrected chi connectivity index (χ2v) is 7.70. The Morgan fingerprint density at radius 2 is 1.48 bits per heavy atom. The highest BCUT2D eigenvalue weighted by molar-refractivity contribution is 7.87. The molecule has 2 unspecified atom stereocenters. The SMILES string of the molecule is CN1OCC(S(=O)(=O)Oc2c(F)c(F)c(F)c(F)c2F)C1c1cccc(F)c1F. The molecule has 0 N–H and O–H groups in total. The first-order valence-electron chi connectivity index (χ1n) is 7.71. The molecule has 0 bridgehead atoms. The van der Waals surface area contributed by atoms with Gasteiger partial charge in [-0.3, -0.25) is 4.84 Å². The van der Waals surface area contributed by atoms with Crippen LogP contribution in [0.5, 0.6) is 5.75 Å². The smallest absolute Gasteiger partial charge is 0.316 e. The Morgan fingerprint density at radius 3 is 2.07 bits per heavy atom. The zero-order valence-electron chi connectivity index (χ0n) is 14.2. The highest BCUT2D eigenvalue weighted by Crippen LogP contribution is 2.38. The van der Waals surface area contributed by atoms with Crippen molar-refractivity contribution in [3.63, 3.8) is 0 Å². The molecule has 1 aliphatic rings. The van der Waals surface area contributed by atoms with Gasteiger partial charge in [0.1, 0.15) is 5.25 Å². The normalized spacial score (nSPS) is 20.3. The van der Waals surface area contributed by atoms with Gasteiger partial charge in [0.15, 0.2) is 11.6 Å². The first kappa shape index (κ1) is 21.3. The van der Waals surface area contributed by atoms with E-state index in [9.17, 15) is 39.2 Å². The molecule has 29 heavy (non-hydrogen) atoms. The molecule has 1 saturated heterocycles. The zero-order chi connectivity index (χ0) is 21.7. The molecule has 1 fully saturated rings. The van der Waals surface area contributed by atoms with Crippen LogP contribution in [-0.2, 0) is 15.0 Å². The van der Waals surface area contributed by atoms with E-state index in [1.165, 1.54) is 7.05 Å². The topological polar surface area (TPSA) is 55.8 Å². The predicted molar refractivity (Wildman–Crippen MR) is 82.4 cm³/mol. The fourth-order valence-electron chi connectivity index (χ4n) is 2.82. The van der Waals surface area contributed by atoms with Crippen LogP contribution in [0, 0.1) is 40.7 Å². The fraction of sp³-hybridized carbons (Fsp3) is 0.250. The van der Waals surface area contributed by atoms with Gasteiger partial charge in [-0.1, -0.05) is 12.1 Å². The lowest BCUT2D eigenvalue weighted by Gasteiger charge is -2.23. The van der Waals surface area contributed by atoms with Gasteiger partial charge in [0.2, 0.25) is 34.8 Å². The maximum absolute atomic E-state index is 14.1. The summed E-state index contributed by atoms with van der Waals surface area (Å²) < 4.78 is 124. The molecule has 2 aromatic rings. The van der Waals surface area contributed by atoms with E-state index in [1.807, 2.05) is 0 Å². The average molecular weight is 445 g/mol. The largest absolute Gasteiger partial charge is 0.376 e. The maximum Gasteiger partial charge on any atom is 0.316 e. The number of nitrogens with zero attached hydrogens (tertiary/aromatic N) is 1. The number of hydroxylamine groups is 2. The van der Waals surface area contributed by atoms with Crippen molar-refractivity contribution in [2.24, 2.45) is 0 Å². The number of rotatable bonds is 4. The summed E-state index contributed by atoms with van der Waals surface area (Å²) in [5.74, 6) is -17.1. The summed E-state index contributed by atoms with van der Waals surface area (Å²) in [5, 5.41) is -1.05. The fourth-order valence-corrected chi connectivity index (χ4v) is 4.18. The Kier molecular flexibility index (Phi) is 5.49. The molecule has 2 atom stereocenters. The van der Waals surface area contributed by atoms with Gasteiger partial charge in [0.25, 0.3) is 0 Å². The van der Waals surface area contributed by atoms with Crippen molar-refractivity contribution in [2.45, 2.75) is 11.3 Å². The molecule has 1 heterocycles. The number of benzene rings is 2. The van der Waals surface area contributed by atoms with E-state index in [0.717, 1.165) is 23.3 Å². The zero-order valence-corrected chi connectivity index (χ0v) is 15.0. The lowest BCUT2D eigenvalue weighted by atomic mass is 10.0. The second kappa shape index (κ2) is 7.46. The molecule has 0 saturated carbocycles. The molecule has 1 aliphatic heterocycles. The van der Waals surface area contributed by atoms with Gasteiger partial charge >= 0.3 is 10.1 Å². The van der Waals surface area contributed by atoms with E-state index in [0.29, 0.717) is 0 Å². The molecule has 158 valence electrons. The van der Waals surface area contributed by atoms with Gasteiger partial charge < -0.3 is 4.18 Å². The highest BCUT2D eigenvalue weighted by Gasteiger charge is 2.47. The van der Waals surface area contributed by atoms with Crippen LogP contribution in [0.4, 0.5) is 30.7 Å². The van der Waals surface area contributed by atoms with Crippen LogP contribution in [-0.4, -0.2) is 32.4 Å². The Balaban J connectivity index is 2.05. The van der Waals surface area contributed by atoms with E-state index >= 15 is 0 Å². The number of hydrogen-bond donors (Lipinski definition) is 0. The summed E-state index contributed by atoms with van der Waals surface area (Å²) in [6, 6.07) is 1.34. The van der Waals surface area contributed by atoms with Crippen LogP contribution in [0.3, 0.4) is 0 Å². The van der Waals surface area contributed by atoms with Crippen LogP contribution in [0.1, 0.15) is 11.6 Å². The lowest BCUT2D eigenvalue weighted by molar-refractivity contribution is -0.111. The van der Waals surface area contributed by atoms with Gasteiger partial charge in [0.05, 0.1) is 12.6 Å². The molecule has 3 rings (SSSR count). The summed E-state index contributed by atoms with van der Waals surface area (Å²) in [4.78, 5) is 4.97. The molecule has 0 aromatic heterocycles. The molecular formula is C16H10F7NO4S. The minimum atomic E-state index is -5.16. The maximum atomic E-state index is 14.1. The van der Waals surface area contributed by atoms with E-state index in [-0.39, 0.29) is 0 Å². The number of hydrogen-bond acceptors (Lipinski definition) is 5. The average Bonchev–Trinajstić information content (AvgIpc) is 3.06. The quantitative estimate of drug-likeness (QED) is 0.313. The standard InChI is InChI=1S/C16H10F7NO4S/c1-24-15(6-3-2-4-7(17)9(6)18)8(5-27-24)29(25,26)28-16-13(22)11(20)10(19)12(21)14(16)23/h2-4,8,15H,5H2,1H3. The van der Waals surface area contributed by atoms with Crippen LogP contribution >= 0.6 is 0 Å². The highest BCUT2D eigenvalue weighted by atomic mass is 32.2. The Hall–Kier alpha value is -2.38. The van der Waals surface area contributed by atoms with Gasteiger partial charge in [-0.25, -0.2) is 22.0 Å². The summed E-state index contributed by atoms with van der Waals surface area (Å²) in [5.41, 5.74) is -0.486. The molecular weight excluding hydrogens is 435 g/mol. The van der Waals surface area contributed by atoms with Crippen molar-refractivity contribution >= 4 is 10.1 Å². The van der Waals surface area contributed by atoms with Crippen LogP contribution in [0.2, 0.25) is 0 Å². The molecule has 13 heteroatoms. The minimum absolute atomic E-state index is 0.486. The van der Waals surface area contributed by atoms with Crippen molar-refractivity contribution in [1.82, 2.24) is 5.06 Å². The number of halogens is 7. The van der Waals surface area contributed by atoms with Gasteiger partial charge in [-0.15, -0.1) is 0 Å². The molecule has 0 amide bonds. The van der Waals surface area contributed by atoms with Crippen LogP contribution in [0.25, 0.3) is 0 Å². The van der Waals surface area contributed by atoms with Crippen LogP contribution in [0.15, 0.2) is 18.2 Å². The van der Waals surface area contributed by atoms with E-state index in [4.69, 9.17) is 4.84 Å². The molecule has 0 aliphatic carbocycles. The van der Waals surface area contributed by atoms with Crippen molar-refractivity contribution in [1.29, 1.82) is 0 Å². The van der Waals surface area contributed by atoms with Crippen molar-refractivity contribution < 1.29 is 48.2 Å². The van der Waals surface area contributed by atoms with Crippen LogP contribution < -0.4 is 4.18 Å². The van der Waals surface area contributed by atoms with E-state index in [1.54, 1.807) is 0 Å². The lowest BCUT2D eigenvalue weighted by Crippen LogP contribution is -2.35. The van der Waals surface area contributed by atoms with Gasteiger partial charge in [-0.2, -0.15) is 22.3 Å². The summed E-state index contributed by atoms with van der Waals surface area (Å²) in [6.07, 6.45) is 0. The predicted octanol–water partition coefficient (Wildman–Crippen LogP) is 3.36. The third kappa shape index (κ3) is 3.53. The third-order valence-corrected chi connectivity index (χ3v) is 5.76. The summed E-state index contributed by atoms with van der Waals surface area (Å²) in [7, 11) is -3.99. The Bertz CT molecular complexity index is 1050. The molecule has 5 nitrogen and oxygen atoms in total. The minimum Gasteiger partial charge on any atom is -0.376 e. The molecule has 0 radical (unpaired) electrons. The monoisotopic (exact) mass is 445 g/mol. The second-order valence-electron chi connectivity index (χ2n) is 5.94. The van der Waals surface area contributed by atoms with Gasteiger partial charge in [0, 0.05) is 12.6 Å². The van der Waals surface area contributed by atoms with E-state index < -0.39 is 80.1 Å². The van der Waals surface area contributed by atoms with Crippen molar-refractivity contribution in [3.05, 3.63) is 64.5 Å². The first-order valence-corrected chi connectivity index (χ1v) is 9.19. The van der Waals surface area contributed by atoms with Crippen molar-refractivity contribution in [3.8, 4) is 5.75 Å². The Morgan fingerprint density at radius 1 is 0.931 bits per heavy atom. The first-order chi connectivity index (χ1) is 13.5. The van der Waals surface area contributed by atoms with Crippen molar-refractivity contribution in [2.75, 3.05) is 13.7 Å². The molecule has 0 spiro atoms. The van der Waals surface area contributed by atoms with E-state index in [2.05, 4.69) is 4.18 Å². The van der Waals surface area contributed by atoms with Gasteiger partial charge in [-0.05, 0) is 6.07 Å². The summed E-state index contributed by atoms with van der Waals surface area (Å²) >= 11 is 0. The Labute approximate surface area is 159 Å². The summed E-state index contributed by atoms with van der Waals surface area (Å²) in [6.45, 7) is -0.727. The molecule has 2 aromatic carbocycles.